The van der Waals surface area contributed by atoms with E-state index in [4.69, 9.17) is 23.2 Å². The first-order valence-electron chi connectivity index (χ1n) is 4.13. The molecule has 2 rings (SSSR count). The summed E-state index contributed by atoms with van der Waals surface area (Å²) in [5, 5.41) is 9.46. The molecule has 0 aromatic heterocycles. The highest BCUT2D eigenvalue weighted by atomic mass is 35.5. The summed E-state index contributed by atoms with van der Waals surface area (Å²) in [5.74, 6) is -0.142. The molecule has 0 fully saturated rings. The van der Waals surface area contributed by atoms with Gasteiger partial charge in [0.25, 0.3) is 0 Å². The minimum atomic E-state index is -1.01. The minimum Gasteiger partial charge on any atom is -0.425 e. The van der Waals surface area contributed by atoms with Crippen molar-refractivity contribution in [2.75, 3.05) is 0 Å². The Morgan fingerprint density at radius 2 is 2.00 bits per heavy atom. The van der Waals surface area contributed by atoms with Crippen LogP contribution in [-0.2, 0) is 0 Å². The van der Waals surface area contributed by atoms with Crippen molar-refractivity contribution in [2.24, 2.45) is 0 Å². The number of H-pyrrole nitrogens is 1. The summed E-state index contributed by atoms with van der Waals surface area (Å²) >= 11 is 11.5. The van der Waals surface area contributed by atoms with E-state index in [9.17, 15) is 14.8 Å². The zero-order valence-corrected chi connectivity index (χ0v) is 9.43. The highest BCUT2D eigenvalue weighted by Crippen LogP contribution is 2.32. The van der Waals surface area contributed by atoms with Crippen LogP contribution in [0.2, 0.25) is 10.2 Å². The van der Waals surface area contributed by atoms with Crippen LogP contribution in [0.15, 0.2) is 9.59 Å². The zero-order valence-electron chi connectivity index (χ0n) is 7.91. The first-order valence-corrected chi connectivity index (χ1v) is 4.89. The highest BCUT2D eigenvalue weighted by molar-refractivity contribution is 6.42. The molecule has 0 unspecified atom stereocenters. The number of pyridine rings is 1. The predicted molar refractivity (Wildman–Crippen MR) is 57.7 cm³/mol. The lowest BCUT2D eigenvalue weighted by Crippen LogP contribution is -2.32. The van der Waals surface area contributed by atoms with Crippen LogP contribution in [-0.4, -0.2) is 19.9 Å². The predicted octanol–water partition coefficient (Wildman–Crippen LogP) is 0.889. The van der Waals surface area contributed by atoms with Crippen LogP contribution in [0.1, 0.15) is 5.56 Å². The molecular weight excluding hydrogens is 257 g/mol. The largest absolute Gasteiger partial charge is 0.425 e. The second kappa shape index (κ2) is 3.50. The smallest absolute Gasteiger partial charge is 0.337 e. The molecule has 0 radical (unpaired) electrons. The van der Waals surface area contributed by atoms with Crippen molar-refractivity contribution in [2.45, 2.75) is 6.92 Å². The summed E-state index contributed by atoms with van der Waals surface area (Å²) in [6.45, 7) is 1.58. The Bertz CT molecular complexity index is 604. The minimum absolute atomic E-state index is 0.0766. The Morgan fingerprint density at radius 3 is 2.62 bits per heavy atom. The van der Waals surface area contributed by atoms with E-state index in [1.807, 2.05) is 0 Å². The van der Waals surface area contributed by atoms with Crippen molar-refractivity contribution >= 4 is 23.2 Å². The standard InChI is InChI=1S/C8H5Cl2N3O3/c1-2-3(9)5(10)13(16)6-4(2)11-7(14)8(15)12-6/h16H,1H3,(H,11,14). The molecule has 0 aromatic carbocycles. The first kappa shape index (κ1) is 11.0. The lowest BCUT2D eigenvalue weighted by atomic mass is 10.2. The lowest BCUT2D eigenvalue weighted by Gasteiger charge is -2.14. The van der Waals surface area contributed by atoms with Crippen LogP contribution in [0, 0.1) is 6.92 Å². The third-order valence-corrected chi connectivity index (χ3v) is 3.04. The summed E-state index contributed by atoms with van der Waals surface area (Å²) in [5.41, 5.74) is -1.29. The molecule has 2 aliphatic heterocycles. The van der Waals surface area contributed by atoms with Gasteiger partial charge in [-0.05, 0) is 12.5 Å². The van der Waals surface area contributed by atoms with E-state index in [-0.39, 0.29) is 21.7 Å². The molecule has 2 N–H and O–H groups in total. The molecule has 0 bridgehead atoms. The van der Waals surface area contributed by atoms with E-state index in [2.05, 4.69) is 9.97 Å². The molecule has 84 valence electrons. The van der Waals surface area contributed by atoms with Gasteiger partial charge < -0.3 is 10.2 Å². The number of rotatable bonds is 0. The second-order valence-electron chi connectivity index (χ2n) is 3.11. The number of nitrogens with zero attached hydrogens (tertiary/aromatic N) is 2. The van der Waals surface area contributed by atoms with Gasteiger partial charge >= 0.3 is 11.1 Å². The number of nitrogens with one attached hydrogen (secondary N) is 1. The molecular formula is C8H5Cl2N3O3. The zero-order chi connectivity index (χ0) is 12.0. The maximum Gasteiger partial charge on any atom is 0.337 e. The molecule has 2 aliphatic rings. The van der Waals surface area contributed by atoms with Gasteiger partial charge in [-0.15, -0.1) is 0 Å². The molecule has 6 nitrogen and oxygen atoms in total. The van der Waals surface area contributed by atoms with Crippen LogP contribution >= 0.6 is 23.2 Å². The maximum absolute atomic E-state index is 11.1. The molecule has 0 saturated carbocycles. The third kappa shape index (κ3) is 1.38. The van der Waals surface area contributed by atoms with E-state index >= 15 is 0 Å². The number of aromatic nitrogens is 3. The molecule has 2 heterocycles. The van der Waals surface area contributed by atoms with Gasteiger partial charge in [-0.1, -0.05) is 23.2 Å². The monoisotopic (exact) mass is 261 g/mol. The average Bonchev–Trinajstić information content (AvgIpc) is 2.26. The van der Waals surface area contributed by atoms with Gasteiger partial charge in [0.15, 0.2) is 11.0 Å². The van der Waals surface area contributed by atoms with E-state index in [1.165, 1.54) is 0 Å². The van der Waals surface area contributed by atoms with Crippen molar-refractivity contribution in [3.8, 4) is 11.5 Å². The van der Waals surface area contributed by atoms with Crippen molar-refractivity contribution in [1.29, 1.82) is 0 Å². The Hall–Kier alpha value is -1.53. The van der Waals surface area contributed by atoms with Crippen LogP contribution in [0.25, 0.3) is 11.5 Å². The van der Waals surface area contributed by atoms with Gasteiger partial charge in [-0.25, -0.2) is 0 Å². The highest BCUT2D eigenvalue weighted by Gasteiger charge is 2.20. The van der Waals surface area contributed by atoms with Gasteiger partial charge in [-0.3, -0.25) is 9.59 Å². The van der Waals surface area contributed by atoms with E-state index in [0.29, 0.717) is 10.3 Å². The number of fused-ring (bicyclic) bond motifs is 1. The molecule has 8 heteroatoms. The van der Waals surface area contributed by atoms with Crippen LogP contribution in [0.4, 0.5) is 0 Å². The fourth-order valence-corrected chi connectivity index (χ4v) is 1.69. The summed E-state index contributed by atoms with van der Waals surface area (Å²) in [7, 11) is 0. The summed E-state index contributed by atoms with van der Waals surface area (Å²) in [6, 6.07) is 0. The fraction of sp³-hybridized carbons (Fsp3) is 0.125. The fourth-order valence-electron chi connectivity index (χ4n) is 1.29. The number of hydrogen-bond acceptors (Lipinski definition) is 4. The molecule has 0 amide bonds. The number of halogens is 2. The first-order chi connectivity index (χ1) is 7.43. The van der Waals surface area contributed by atoms with E-state index < -0.39 is 11.1 Å². The summed E-state index contributed by atoms with van der Waals surface area (Å²) in [4.78, 5) is 27.8. The SMILES string of the molecule is Cc1c2[nH]c(=O)c(=O)nc-2n(O)c(Cl)c1Cl. The van der Waals surface area contributed by atoms with E-state index in [0.717, 1.165) is 0 Å². The normalized spacial score (nSPS) is 10.9. The van der Waals surface area contributed by atoms with Crippen molar-refractivity contribution in [3.05, 3.63) is 36.4 Å². The Kier molecular flexibility index (Phi) is 2.40. The molecule has 0 atom stereocenters. The lowest BCUT2D eigenvalue weighted by molar-refractivity contribution is 0.186. The maximum atomic E-state index is 11.1. The van der Waals surface area contributed by atoms with Crippen LogP contribution in [0.5, 0.6) is 0 Å². The van der Waals surface area contributed by atoms with Crippen LogP contribution in [0.3, 0.4) is 0 Å². The molecule has 0 aromatic rings. The van der Waals surface area contributed by atoms with Gasteiger partial charge in [0.2, 0.25) is 0 Å². The van der Waals surface area contributed by atoms with Crippen molar-refractivity contribution in [3.63, 3.8) is 0 Å². The van der Waals surface area contributed by atoms with Crippen molar-refractivity contribution < 1.29 is 5.21 Å². The number of hydrogen-bond donors (Lipinski definition) is 2. The Morgan fingerprint density at radius 1 is 1.38 bits per heavy atom. The van der Waals surface area contributed by atoms with Gasteiger partial charge in [0.1, 0.15) is 0 Å². The Labute approximate surface area is 98.4 Å². The topological polar surface area (TPSA) is 88.0 Å². The van der Waals surface area contributed by atoms with Gasteiger partial charge in [-0.2, -0.15) is 9.71 Å². The molecule has 16 heavy (non-hydrogen) atoms. The second-order valence-corrected chi connectivity index (χ2v) is 3.85. The average molecular weight is 262 g/mol. The van der Waals surface area contributed by atoms with Gasteiger partial charge in [0, 0.05) is 0 Å². The number of aromatic amines is 1. The summed E-state index contributed by atoms with van der Waals surface area (Å²) in [6.07, 6.45) is 0. The van der Waals surface area contributed by atoms with Crippen LogP contribution < -0.4 is 11.1 Å². The Balaban J connectivity index is 3.09. The molecule has 0 saturated heterocycles. The quantitative estimate of drug-likeness (QED) is 0.419. The molecule has 0 spiro atoms. The van der Waals surface area contributed by atoms with E-state index in [1.54, 1.807) is 6.92 Å². The molecule has 0 aliphatic carbocycles. The third-order valence-electron chi connectivity index (χ3n) is 2.14. The summed E-state index contributed by atoms with van der Waals surface area (Å²) < 4.78 is 0.448. The van der Waals surface area contributed by atoms with Crippen molar-refractivity contribution in [1.82, 2.24) is 14.7 Å². The van der Waals surface area contributed by atoms with Gasteiger partial charge in [0.05, 0.1) is 10.7 Å².